The van der Waals surface area contributed by atoms with Crippen LogP contribution in [0.3, 0.4) is 0 Å². The molecule has 1 atom stereocenters. The Morgan fingerprint density at radius 2 is 2.00 bits per heavy atom. The summed E-state index contributed by atoms with van der Waals surface area (Å²) in [7, 11) is 1.67. The highest BCUT2D eigenvalue weighted by Crippen LogP contribution is 2.43. The monoisotopic (exact) mass is 407 g/mol. The Hall–Kier alpha value is -2.57. The van der Waals surface area contributed by atoms with Crippen molar-refractivity contribution in [3.63, 3.8) is 0 Å². The molecule has 0 saturated heterocycles. The van der Waals surface area contributed by atoms with Crippen molar-refractivity contribution in [1.29, 1.82) is 0 Å². The summed E-state index contributed by atoms with van der Waals surface area (Å²) in [4.78, 5) is 16.9. The van der Waals surface area contributed by atoms with E-state index in [1.807, 2.05) is 18.2 Å². The van der Waals surface area contributed by atoms with Gasteiger partial charge in [0.15, 0.2) is 0 Å². The lowest BCUT2D eigenvalue weighted by molar-refractivity contribution is 0.0934. The number of carbonyl (C=O) groups excluding carboxylic acids is 1. The van der Waals surface area contributed by atoms with Gasteiger partial charge < -0.3 is 15.4 Å². The Morgan fingerprint density at radius 3 is 2.79 bits per heavy atom. The molecule has 0 unspecified atom stereocenters. The summed E-state index contributed by atoms with van der Waals surface area (Å²) in [6.45, 7) is 6.38. The molecule has 2 aromatic carbocycles. The largest absolute Gasteiger partial charge is 0.496 e. The van der Waals surface area contributed by atoms with Gasteiger partial charge in [0.1, 0.15) is 16.9 Å². The van der Waals surface area contributed by atoms with E-state index in [1.165, 1.54) is 10.4 Å². The maximum atomic E-state index is 13.2. The summed E-state index contributed by atoms with van der Waals surface area (Å²) in [5.74, 6) is 0.784. The SMILES string of the molecule is COc1ccc2ccccc2c1[C@@H]1NC(=O)c2c(sc3c2CCN(C(C)C)C3)N1. The number of benzene rings is 2. The second-order valence-corrected chi connectivity index (χ2v) is 9.08. The molecule has 5 rings (SSSR count). The maximum absolute atomic E-state index is 13.2. The number of rotatable bonds is 3. The van der Waals surface area contributed by atoms with Crippen LogP contribution >= 0.6 is 11.3 Å². The molecule has 2 N–H and O–H groups in total. The van der Waals surface area contributed by atoms with Crippen LogP contribution in [-0.2, 0) is 13.0 Å². The van der Waals surface area contributed by atoms with Crippen LogP contribution in [0.25, 0.3) is 10.8 Å². The first-order valence-electron chi connectivity index (χ1n) is 10.1. The zero-order chi connectivity index (χ0) is 20.1. The summed E-state index contributed by atoms with van der Waals surface area (Å²) < 4.78 is 5.66. The summed E-state index contributed by atoms with van der Waals surface area (Å²) >= 11 is 1.73. The smallest absolute Gasteiger partial charge is 0.256 e. The van der Waals surface area contributed by atoms with E-state index in [9.17, 15) is 4.79 Å². The average molecular weight is 408 g/mol. The molecule has 0 saturated carbocycles. The standard InChI is InChI=1S/C23H25N3O2S/c1-13(2)26-11-10-16-18(12-26)29-23-20(16)22(27)24-21(25-23)19-15-7-5-4-6-14(15)8-9-17(19)28-3/h4-9,13,21,25H,10-12H2,1-3H3,(H,24,27)/t21-/m1/s1. The van der Waals surface area contributed by atoms with E-state index in [0.717, 1.165) is 52.2 Å². The lowest BCUT2D eigenvalue weighted by Gasteiger charge is -2.31. The summed E-state index contributed by atoms with van der Waals surface area (Å²) in [5.41, 5.74) is 3.03. The number of ether oxygens (including phenoxy) is 1. The molecule has 3 aromatic rings. The van der Waals surface area contributed by atoms with E-state index in [1.54, 1.807) is 18.4 Å². The Kier molecular flexibility index (Phi) is 4.48. The molecule has 0 bridgehead atoms. The van der Waals surface area contributed by atoms with Crippen LogP contribution in [0.1, 0.15) is 46.4 Å². The minimum absolute atomic E-state index is 0.00855. The van der Waals surface area contributed by atoms with Crippen molar-refractivity contribution in [2.45, 2.75) is 39.0 Å². The molecular weight excluding hydrogens is 382 g/mol. The molecule has 0 fully saturated rings. The van der Waals surface area contributed by atoms with Crippen LogP contribution in [0.4, 0.5) is 5.00 Å². The molecule has 1 aromatic heterocycles. The second kappa shape index (κ2) is 7.04. The number of hydrogen-bond acceptors (Lipinski definition) is 5. The van der Waals surface area contributed by atoms with Gasteiger partial charge in [-0.3, -0.25) is 9.69 Å². The maximum Gasteiger partial charge on any atom is 0.256 e. The molecular formula is C23H25N3O2S. The lowest BCUT2D eigenvalue weighted by atomic mass is 9.97. The summed E-state index contributed by atoms with van der Waals surface area (Å²) in [6.07, 6.45) is 0.605. The average Bonchev–Trinajstić information content (AvgIpc) is 3.10. The van der Waals surface area contributed by atoms with Gasteiger partial charge in [-0.1, -0.05) is 30.3 Å². The lowest BCUT2D eigenvalue weighted by Crippen LogP contribution is -2.39. The Balaban J connectivity index is 1.57. The van der Waals surface area contributed by atoms with Crippen molar-refractivity contribution < 1.29 is 9.53 Å². The zero-order valence-electron chi connectivity index (χ0n) is 16.9. The number of nitrogens with one attached hydrogen (secondary N) is 2. The Bertz CT molecular complexity index is 1100. The molecule has 0 radical (unpaired) electrons. The van der Waals surface area contributed by atoms with E-state index >= 15 is 0 Å². The Morgan fingerprint density at radius 1 is 1.17 bits per heavy atom. The highest BCUT2D eigenvalue weighted by molar-refractivity contribution is 7.16. The van der Waals surface area contributed by atoms with Crippen LogP contribution in [-0.4, -0.2) is 30.5 Å². The van der Waals surface area contributed by atoms with Crippen molar-refractivity contribution in [2.75, 3.05) is 19.0 Å². The number of anilines is 1. The fraction of sp³-hybridized carbons (Fsp3) is 0.348. The van der Waals surface area contributed by atoms with E-state index in [2.05, 4.69) is 47.6 Å². The fourth-order valence-corrected chi connectivity index (χ4v) is 5.77. The van der Waals surface area contributed by atoms with Crippen LogP contribution in [0, 0.1) is 0 Å². The van der Waals surface area contributed by atoms with Gasteiger partial charge in [-0.15, -0.1) is 11.3 Å². The highest BCUT2D eigenvalue weighted by atomic mass is 32.1. The topological polar surface area (TPSA) is 53.6 Å². The van der Waals surface area contributed by atoms with Crippen LogP contribution in [0.15, 0.2) is 36.4 Å². The number of nitrogens with zero attached hydrogens (tertiary/aromatic N) is 1. The second-order valence-electron chi connectivity index (χ2n) is 7.98. The third-order valence-corrected chi connectivity index (χ3v) is 7.18. The molecule has 1 amide bonds. The third kappa shape index (κ3) is 2.98. The van der Waals surface area contributed by atoms with Gasteiger partial charge in [0, 0.05) is 29.6 Å². The first-order chi connectivity index (χ1) is 14.1. The van der Waals surface area contributed by atoms with Crippen molar-refractivity contribution in [3.05, 3.63) is 58.0 Å². The first-order valence-corrected chi connectivity index (χ1v) is 10.9. The van der Waals surface area contributed by atoms with Crippen LogP contribution in [0.5, 0.6) is 5.75 Å². The van der Waals surface area contributed by atoms with E-state index in [-0.39, 0.29) is 12.1 Å². The molecule has 2 aliphatic heterocycles. The normalized spacial score (nSPS) is 18.9. The predicted octanol–water partition coefficient (Wildman–Crippen LogP) is 4.53. The van der Waals surface area contributed by atoms with Gasteiger partial charge in [0.25, 0.3) is 5.91 Å². The van der Waals surface area contributed by atoms with E-state index in [4.69, 9.17) is 4.74 Å². The predicted molar refractivity (Wildman–Crippen MR) is 118 cm³/mol. The molecule has 3 heterocycles. The minimum atomic E-state index is -0.322. The molecule has 150 valence electrons. The van der Waals surface area contributed by atoms with Crippen LogP contribution < -0.4 is 15.4 Å². The third-order valence-electron chi connectivity index (χ3n) is 6.03. The van der Waals surface area contributed by atoms with Gasteiger partial charge >= 0.3 is 0 Å². The number of methoxy groups -OCH3 is 1. The van der Waals surface area contributed by atoms with Crippen molar-refractivity contribution in [2.24, 2.45) is 0 Å². The van der Waals surface area contributed by atoms with Gasteiger partial charge in [0.05, 0.1) is 12.7 Å². The van der Waals surface area contributed by atoms with Crippen molar-refractivity contribution in [1.82, 2.24) is 10.2 Å². The number of thiophene rings is 1. The first kappa shape index (κ1) is 18.5. The van der Waals surface area contributed by atoms with Crippen molar-refractivity contribution >= 4 is 33.0 Å². The minimum Gasteiger partial charge on any atom is -0.496 e. The van der Waals surface area contributed by atoms with Gasteiger partial charge in [-0.25, -0.2) is 0 Å². The summed E-state index contributed by atoms with van der Waals surface area (Å²) in [5, 5.41) is 9.98. The quantitative estimate of drug-likeness (QED) is 0.670. The molecule has 6 heteroatoms. The molecule has 5 nitrogen and oxygen atoms in total. The van der Waals surface area contributed by atoms with E-state index in [0.29, 0.717) is 6.04 Å². The number of carbonyl (C=O) groups is 1. The Labute approximate surface area is 174 Å². The number of amides is 1. The number of hydrogen-bond donors (Lipinski definition) is 2. The zero-order valence-corrected chi connectivity index (χ0v) is 17.7. The molecule has 0 aliphatic carbocycles. The van der Waals surface area contributed by atoms with Gasteiger partial charge in [0.2, 0.25) is 0 Å². The molecule has 2 aliphatic rings. The van der Waals surface area contributed by atoms with Crippen molar-refractivity contribution in [3.8, 4) is 5.75 Å². The number of fused-ring (bicyclic) bond motifs is 4. The molecule has 0 spiro atoms. The van der Waals surface area contributed by atoms with Gasteiger partial charge in [-0.05, 0) is 42.7 Å². The molecule has 29 heavy (non-hydrogen) atoms. The summed E-state index contributed by atoms with van der Waals surface area (Å²) in [6, 6.07) is 12.7. The van der Waals surface area contributed by atoms with E-state index < -0.39 is 0 Å². The highest BCUT2D eigenvalue weighted by Gasteiger charge is 2.35. The van der Waals surface area contributed by atoms with Crippen LogP contribution in [0.2, 0.25) is 0 Å². The fourth-order valence-electron chi connectivity index (χ4n) is 4.47. The van der Waals surface area contributed by atoms with Gasteiger partial charge in [-0.2, -0.15) is 0 Å².